The molecular weight excluding hydrogens is 374 g/mol. The summed E-state index contributed by atoms with van der Waals surface area (Å²) in [5.74, 6) is -1.79. The van der Waals surface area contributed by atoms with E-state index >= 15 is 0 Å². The van der Waals surface area contributed by atoms with Crippen molar-refractivity contribution < 1.29 is 19.5 Å². The molecule has 3 aromatic rings. The number of carbonyl (C=O) groups excluding carboxylic acids is 2. The Morgan fingerprint density at radius 1 is 1.14 bits per heavy atom. The van der Waals surface area contributed by atoms with Crippen LogP contribution in [0.2, 0.25) is 0 Å². The summed E-state index contributed by atoms with van der Waals surface area (Å²) < 4.78 is 1.27. The van der Waals surface area contributed by atoms with Gasteiger partial charge < -0.3 is 15.3 Å². The summed E-state index contributed by atoms with van der Waals surface area (Å²) in [6.07, 6.45) is 1.07. The maximum absolute atomic E-state index is 12.7. The van der Waals surface area contributed by atoms with Gasteiger partial charge in [0.2, 0.25) is 5.91 Å². The number of rotatable bonds is 7. The Kier molecular flexibility index (Phi) is 5.87. The lowest BCUT2D eigenvalue weighted by Gasteiger charge is -2.18. The number of hydrogen-bond donors (Lipinski definition) is 2. The molecule has 29 heavy (non-hydrogen) atoms. The molecule has 0 fully saturated rings. The van der Waals surface area contributed by atoms with Crippen LogP contribution in [0.5, 0.6) is 0 Å². The van der Waals surface area contributed by atoms with Crippen LogP contribution in [0.25, 0.3) is 10.8 Å². The molecule has 3 rings (SSSR count). The summed E-state index contributed by atoms with van der Waals surface area (Å²) in [5, 5.41) is 21.5. The summed E-state index contributed by atoms with van der Waals surface area (Å²) in [5.41, 5.74) is 0.709. The first kappa shape index (κ1) is 20.0. The number of benzene rings is 2. The summed E-state index contributed by atoms with van der Waals surface area (Å²) in [6.45, 7) is -0.0465. The van der Waals surface area contributed by atoms with Crippen molar-refractivity contribution in [3.63, 3.8) is 0 Å². The molecule has 0 spiro atoms. The Balaban J connectivity index is 1.84. The van der Waals surface area contributed by atoms with Crippen LogP contribution < -0.4 is 5.32 Å². The molecule has 2 aromatic carbocycles. The highest BCUT2D eigenvalue weighted by Crippen LogP contribution is 2.26. The zero-order valence-electron chi connectivity index (χ0n) is 16.1. The van der Waals surface area contributed by atoms with E-state index in [4.69, 9.17) is 0 Å². The highest BCUT2D eigenvalue weighted by molar-refractivity contribution is 5.93. The van der Waals surface area contributed by atoms with Gasteiger partial charge >= 0.3 is 5.97 Å². The Bertz CT molecular complexity index is 1050. The highest BCUT2D eigenvalue weighted by Gasteiger charge is 2.22. The topological polar surface area (TPSA) is 117 Å². The summed E-state index contributed by atoms with van der Waals surface area (Å²) in [6, 6.07) is 12.3. The van der Waals surface area contributed by atoms with Crippen LogP contribution in [0.3, 0.4) is 0 Å². The van der Waals surface area contributed by atoms with Crippen molar-refractivity contribution in [2.24, 2.45) is 0 Å². The average molecular weight is 395 g/mol. The number of likely N-dealkylation sites (N-methyl/N-ethyl adjacent to an activating group) is 1. The number of hydrogen-bond acceptors (Lipinski definition) is 5. The molecule has 0 saturated heterocycles. The van der Waals surface area contributed by atoms with E-state index in [1.165, 1.54) is 15.8 Å². The molecule has 1 heterocycles. The molecular formula is C20H21N5O4. The molecule has 0 aliphatic heterocycles. The van der Waals surface area contributed by atoms with Gasteiger partial charge in [-0.25, -0.2) is 4.68 Å². The number of amides is 2. The van der Waals surface area contributed by atoms with Crippen LogP contribution in [-0.2, 0) is 16.1 Å². The zero-order valence-corrected chi connectivity index (χ0v) is 16.1. The van der Waals surface area contributed by atoms with Crippen LogP contribution in [0.4, 0.5) is 0 Å². The van der Waals surface area contributed by atoms with Gasteiger partial charge in [-0.3, -0.25) is 14.4 Å². The molecule has 150 valence electrons. The van der Waals surface area contributed by atoms with Gasteiger partial charge in [0, 0.05) is 14.1 Å². The fourth-order valence-corrected chi connectivity index (χ4v) is 2.96. The van der Waals surface area contributed by atoms with E-state index < -0.39 is 17.9 Å². The third-order valence-electron chi connectivity index (χ3n) is 4.45. The number of carboxylic acid groups (broad SMARTS) is 1. The van der Waals surface area contributed by atoms with Gasteiger partial charge in [-0.15, -0.1) is 5.10 Å². The van der Waals surface area contributed by atoms with Crippen LogP contribution in [0.15, 0.2) is 48.7 Å². The highest BCUT2D eigenvalue weighted by atomic mass is 16.4. The maximum Gasteiger partial charge on any atom is 0.305 e. The predicted molar refractivity (Wildman–Crippen MR) is 105 cm³/mol. The molecule has 9 heteroatoms. The van der Waals surface area contributed by atoms with E-state index in [1.54, 1.807) is 20.2 Å². The van der Waals surface area contributed by atoms with Crippen molar-refractivity contribution in [1.29, 1.82) is 0 Å². The normalized spacial score (nSPS) is 11.8. The first-order valence-corrected chi connectivity index (χ1v) is 8.95. The number of nitrogens with zero attached hydrogens (tertiary/aromatic N) is 4. The number of carboxylic acids is 1. The Hall–Kier alpha value is -3.75. The number of carbonyl (C=O) groups is 3. The van der Waals surface area contributed by atoms with Gasteiger partial charge in [0.05, 0.1) is 18.7 Å². The van der Waals surface area contributed by atoms with Crippen LogP contribution >= 0.6 is 0 Å². The van der Waals surface area contributed by atoms with Gasteiger partial charge in [-0.05, 0) is 16.3 Å². The molecule has 0 unspecified atom stereocenters. The zero-order chi connectivity index (χ0) is 21.0. The van der Waals surface area contributed by atoms with E-state index in [0.717, 1.165) is 10.8 Å². The Morgan fingerprint density at radius 2 is 1.86 bits per heavy atom. The molecule has 9 nitrogen and oxygen atoms in total. The lowest BCUT2D eigenvalue weighted by Crippen LogP contribution is -2.30. The first-order chi connectivity index (χ1) is 13.8. The lowest BCUT2D eigenvalue weighted by atomic mass is 9.96. The van der Waals surface area contributed by atoms with E-state index in [9.17, 15) is 19.5 Å². The summed E-state index contributed by atoms with van der Waals surface area (Å²) in [7, 11) is 3.24. The van der Waals surface area contributed by atoms with Crippen molar-refractivity contribution >= 4 is 28.6 Å². The SMILES string of the molecule is CN(C)C(=O)Cn1cc(C(=O)N[C@H](CC(=O)O)c2cccc3ccccc23)nn1. The number of aliphatic carboxylic acids is 1. The van der Waals surface area contributed by atoms with Crippen molar-refractivity contribution in [1.82, 2.24) is 25.2 Å². The van der Waals surface area contributed by atoms with Crippen LogP contribution in [0, 0.1) is 0 Å². The van der Waals surface area contributed by atoms with E-state index in [2.05, 4.69) is 15.6 Å². The van der Waals surface area contributed by atoms with Crippen molar-refractivity contribution in [3.05, 3.63) is 59.9 Å². The summed E-state index contributed by atoms with van der Waals surface area (Å²) in [4.78, 5) is 37.2. The minimum absolute atomic E-state index is 0.00665. The minimum atomic E-state index is -1.04. The van der Waals surface area contributed by atoms with Gasteiger partial charge in [-0.2, -0.15) is 0 Å². The van der Waals surface area contributed by atoms with Crippen LogP contribution in [-0.4, -0.2) is 56.9 Å². The van der Waals surface area contributed by atoms with Crippen molar-refractivity contribution in [3.8, 4) is 0 Å². The molecule has 0 aliphatic rings. The summed E-state index contributed by atoms with van der Waals surface area (Å²) >= 11 is 0. The van der Waals surface area contributed by atoms with E-state index in [1.807, 2.05) is 36.4 Å². The van der Waals surface area contributed by atoms with Gasteiger partial charge in [0.15, 0.2) is 5.69 Å². The third-order valence-corrected chi connectivity index (χ3v) is 4.45. The molecule has 1 atom stereocenters. The molecule has 0 radical (unpaired) electrons. The number of fused-ring (bicyclic) bond motifs is 1. The fraction of sp³-hybridized carbons (Fsp3) is 0.250. The maximum atomic E-state index is 12.7. The van der Waals surface area contributed by atoms with Crippen molar-refractivity contribution in [2.75, 3.05) is 14.1 Å². The van der Waals surface area contributed by atoms with E-state index in [-0.39, 0.29) is 24.6 Å². The largest absolute Gasteiger partial charge is 0.481 e. The molecule has 2 amide bonds. The van der Waals surface area contributed by atoms with Crippen molar-refractivity contribution in [2.45, 2.75) is 19.0 Å². The first-order valence-electron chi connectivity index (χ1n) is 8.95. The molecule has 1 aromatic heterocycles. The standard InChI is InChI=1S/C20H21N5O4/c1-24(2)18(26)12-25-11-17(22-23-25)20(29)21-16(10-19(27)28)15-9-5-7-13-6-3-4-8-14(13)15/h3-9,11,16H,10,12H2,1-2H3,(H,21,29)(H,27,28)/t16-/m1/s1. The van der Waals surface area contributed by atoms with Crippen LogP contribution in [0.1, 0.15) is 28.5 Å². The third kappa shape index (κ3) is 4.75. The number of nitrogens with one attached hydrogen (secondary N) is 1. The second-order valence-corrected chi connectivity index (χ2v) is 6.78. The minimum Gasteiger partial charge on any atom is -0.481 e. The second-order valence-electron chi connectivity index (χ2n) is 6.78. The quantitative estimate of drug-likeness (QED) is 0.625. The second kappa shape index (κ2) is 8.51. The molecule has 0 aliphatic carbocycles. The molecule has 0 bridgehead atoms. The van der Waals surface area contributed by atoms with Gasteiger partial charge in [0.1, 0.15) is 6.54 Å². The Labute approximate surface area is 166 Å². The van der Waals surface area contributed by atoms with E-state index in [0.29, 0.717) is 5.56 Å². The van der Waals surface area contributed by atoms with Gasteiger partial charge in [-0.1, -0.05) is 47.7 Å². The van der Waals surface area contributed by atoms with Gasteiger partial charge in [0.25, 0.3) is 5.91 Å². The monoisotopic (exact) mass is 395 g/mol. The number of aromatic nitrogens is 3. The fourth-order valence-electron chi connectivity index (χ4n) is 2.96. The lowest BCUT2D eigenvalue weighted by molar-refractivity contribution is -0.137. The predicted octanol–water partition coefficient (Wildman–Crippen LogP) is 1.47. The average Bonchev–Trinajstić information content (AvgIpc) is 3.15. The smallest absolute Gasteiger partial charge is 0.305 e. The molecule has 2 N–H and O–H groups in total. The molecule has 0 saturated carbocycles. The Morgan fingerprint density at radius 3 is 2.59 bits per heavy atom.